The van der Waals surface area contributed by atoms with Gasteiger partial charge in [0, 0.05) is 5.56 Å². The summed E-state index contributed by atoms with van der Waals surface area (Å²) in [6.45, 7) is 3.89. The molecule has 0 amide bonds. The van der Waals surface area contributed by atoms with E-state index < -0.39 is 0 Å². The van der Waals surface area contributed by atoms with Crippen molar-refractivity contribution >= 4 is 11.9 Å². The summed E-state index contributed by atoms with van der Waals surface area (Å²) in [5, 5.41) is 0. The second kappa shape index (κ2) is 6.89. The monoisotopic (exact) mass is 298 g/mol. The van der Waals surface area contributed by atoms with Crippen LogP contribution >= 0.6 is 0 Å². The molecule has 112 valence electrons. The fourth-order valence-electron chi connectivity index (χ4n) is 2.85. The summed E-state index contributed by atoms with van der Waals surface area (Å²) < 4.78 is 0. The van der Waals surface area contributed by atoms with E-state index >= 15 is 0 Å². The molecule has 0 radical (unpaired) electrons. The molecular formula is C22H18O. The number of benzene rings is 3. The Bertz CT molecular complexity index is 804. The van der Waals surface area contributed by atoms with Crippen molar-refractivity contribution in [1.82, 2.24) is 0 Å². The van der Waals surface area contributed by atoms with Gasteiger partial charge in [-0.1, -0.05) is 97.6 Å². The predicted molar refractivity (Wildman–Crippen MR) is 95.6 cm³/mol. The number of carbonyl (C=O) groups excluding carboxylic acids is 1. The fourth-order valence-corrected chi connectivity index (χ4v) is 2.85. The summed E-state index contributed by atoms with van der Waals surface area (Å²) in [5.41, 5.74) is 3.70. The summed E-state index contributed by atoms with van der Waals surface area (Å²) in [4.78, 5) is 13.2. The van der Waals surface area contributed by atoms with Gasteiger partial charge in [-0.3, -0.25) is 4.79 Å². The fraction of sp³-hybridized carbons (Fsp3) is 0.0455. The number of Topliss-reactive ketones (excluding diaryl/α,β-unsaturated/α-hetero) is 1. The molecule has 0 N–H and O–H groups in total. The SMILES string of the molecule is C=Cc1ccccc1C(C(=O)c1ccccc1)c1ccccc1. The average molecular weight is 298 g/mol. The molecule has 0 aliphatic carbocycles. The Morgan fingerprint density at radius 2 is 1.35 bits per heavy atom. The Morgan fingerprint density at radius 1 is 0.783 bits per heavy atom. The van der Waals surface area contributed by atoms with Crippen LogP contribution in [0.1, 0.15) is 33.0 Å². The van der Waals surface area contributed by atoms with Gasteiger partial charge < -0.3 is 0 Å². The Labute approximate surface area is 136 Å². The quantitative estimate of drug-likeness (QED) is 0.581. The Balaban J connectivity index is 2.15. The van der Waals surface area contributed by atoms with Gasteiger partial charge in [0.05, 0.1) is 5.92 Å². The highest BCUT2D eigenvalue weighted by Crippen LogP contribution is 2.31. The molecule has 0 aliphatic rings. The van der Waals surface area contributed by atoms with Crippen molar-refractivity contribution in [2.24, 2.45) is 0 Å². The lowest BCUT2D eigenvalue weighted by atomic mass is 9.82. The molecule has 1 unspecified atom stereocenters. The standard InChI is InChI=1S/C22H18O/c1-2-17-11-9-10-16-20(17)21(18-12-5-3-6-13-18)22(23)19-14-7-4-8-15-19/h2-16,21H,1H2. The van der Waals surface area contributed by atoms with Crippen LogP contribution in [0.15, 0.2) is 91.5 Å². The van der Waals surface area contributed by atoms with Gasteiger partial charge in [0.1, 0.15) is 0 Å². The van der Waals surface area contributed by atoms with E-state index in [1.807, 2.05) is 91.0 Å². The minimum absolute atomic E-state index is 0.103. The number of hydrogen-bond donors (Lipinski definition) is 0. The second-order valence-electron chi connectivity index (χ2n) is 5.41. The lowest BCUT2D eigenvalue weighted by molar-refractivity contribution is 0.0974. The molecule has 3 rings (SSSR count). The highest BCUT2D eigenvalue weighted by Gasteiger charge is 2.25. The Morgan fingerprint density at radius 3 is 2.00 bits per heavy atom. The van der Waals surface area contributed by atoms with Crippen molar-refractivity contribution in [1.29, 1.82) is 0 Å². The van der Waals surface area contributed by atoms with E-state index in [1.54, 1.807) is 0 Å². The van der Waals surface area contributed by atoms with E-state index in [0.29, 0.717) is 0 Å². The van der Waals surface area contributed by atoms with Gasteiger partial charge in [-0.25, -0.2) is 0 Å². The predicted octanol–water partition coefficient (Wildman–Crippen LogP) is 5.34. The number of carbonyl (C=O) groups is 1. The molecule has 0 aromatic heterocycles. The van der Waals surface area contributed by atoms with Crippen LogP contribution in [0.5, 0.6) is 0 Å². The van der Waals surface area contributed by atoms with Crippen LogP contribution in [-0.2, 0) is 0 Å². The molecule has 3 aromatic rings. The van der Waals surface area contributed by atoms with Gasteiger partial charge in [0.25, 0.3) is 0 Å². The highest BCUT2D eigenvalue weighted by atomic mass is 16.1. The van der Waals surface area contributed by atoms with Gasteiger partial charge >= 0.3 is 0 Å². The lowest BCUT2D eigenvalue weighted by Gasteiger charge is -2.19. The van der Waals surface area contributed by atoms with Crippen LogP contribution in [0.4, 0.5) is 0 Å². The molecular weight excluding hydrogens is 280 g/mol. The smallest absolute Gasteiger partial charge is 0.174 e. The van der Waals surface area contributed by atoms with Gasteiger partial charge in [-0.05, 0) is 16.7 Å². The van der Waals surface area contributed by atoms with Crippen molar-refractivity contribution in [3.63, 3.8) is 0 Å². The number of hydrogen-bond acceptors (Lipinski definition) is 1. The molecule has 3 aromatic carbocycles. The van der Waals surface area contributed by atoms with Crippen molar-refractivity contribution in [2.75, 3.05) is 0 Å². The van der Waals surface area contributed by atoms with Crippen LogP contribution in [0, 0.1) is 0 Å². The zero-order chi connectivity index (χ0) is 16.1. The van der Waals surface area contributed by atoms with E-state index in [4.69, 9.17) is 0 Å². The topological polar surface area (TPSA) is 17.1 Å². The third kappa shape index (κ3) is 3.14. The lowest BCUT2D eigenvalue weighted by Crippen LogP contribution is -2.15. The minimum Gasteiger partial charge on any atom is -0.293 e. The molecule has 0 fully saturated rings. The molecule has 0 aliphatic heterocycles. The highest BCUT2D eigenvalue weighted by molar-refractivity contribution is 6.03. The normalized spacial score (nSPS) is 11.7. The largest absolute Gasteiger partial charge is 0.293 e. The summed E-state index contributed by atoms with van der Waals surface area (Å²) in [6.07, 6.45) is 1.81. The molecule has 0 spiro atoms. The van der Waals surface area contributed by atoms with Gasteiger partial charge in [-0.15, -0.1) is 0 Å². The van der Waals surface area contributed by atoms with Crippen molar-refractivity contribution in [3.8, 4) is 0 Å². The first kappa shape index (κ1) is 15.0. The summed E-state index contributed by atoms with van der Waals surface area (Å²) in [7, 11) is 0. The Kier molecular flexibility index (Phi) is 4.49. The van der Waals surface area contributed by atoms with E-state index in [0.717, 1.165) is 22.3 Å². The molecule has 23 heavy (non-hydrogen) atoms. The molecule has 1 nitrogen and oxygen atoms in total. The molecule has 1 heteroatoms. The van der Waals surface area contributed by atoms with E-state index in [2.05, 4.69) is 6.58 Å². The first-order chi connectivity index (χ1) is 11.3. The van der Waals surface area contributed by atoms with Gasteiger partial charge in [0.2, 0.25) is 0 Å². The zero-order valence-corrected chi connectivity index (χ0v) is 12.9. The van der Waals surface area contributed by atoms with Crippen LogP contribution in [-0.4, -0.2) is 5.78 Å². The molecule has 0 saturated heterocycles. The minimum atomic E-state index is -0.326. The van der Waals surface area contributed by atoms with Crippen molar-refractivity contribution < 1.29 is 4.79 Å². The molecule has 0 saturated carbocycles. The van der Waals surface area contributed by atoms with Gasteiger partial charge in [0.15, 0.2) is 5.78 Å². The first-order valence-corrected chi connectivity index (χ1v) is 7.67. The van der Waals surface area contributed by atoms with Crippen molar-refractivity contribution in [2.45, 2.75) is 5.92 Å². The third-order valence-electron chi connectivity index (χ3n) is 3.98. The van der Waals surface area contributed by atoms with Gasteiger partial charge in [-0.2, -0.15) is 0 Å². The molecule has 0 heterocycles. The van der Waals surface area contributed by atoms with Crippen LogP contribution in [0.2, 0.25) is 0 Å². The number of rotatable bonds is 5. The van der Waals surface area contributed by atoms with Crippen LogP contribution < -0.4 is 0 Å². The summed E-state index contributed by atoms with van der Waals surface area (Å²) >= 11 is 0. The van der Waals surface area contributed by atoms with E-state index in [9.17, 15) is 4.79 Å². The maximum Gasteiger partial charge on any atom is 0.174 e. The summed E-state index contributed by atoms with van der Waals surface area (Å²) in [6, 6.07) is 27.3. The third-order valence-corrected chi connectivity index (χ3v) is 3.98. The maximum absolute atomic E-state index is 13.2. The first-order valence-electron chi connectivity index (χ1n) is 7.67. The van der Waals surface area contributed by atoms with Crippen molar-refractivity contribution in [3.05, 3.63) is 114 Å². The van der Waals surface area contributed by atoms with E-state index in [-0.39, 0.29) is 11.7 Å². The molecule has 0 bridgehead atoms. The zero-order valence-electron chi connectivity index (χ0n) is 12.9. The maximum atomic E-state index is 13.2. The average Bonchev–Trinajstić information content (AvgIpc) is 2.64. The van der Waals surface area contributed by atoms with E-state index in [1.165, 1.54) is 0 Å². The van der Waals surface area contributed by atoms with Crippen LogP contribution in [0.25, 0.3) is 6.08 Å². The summed E-state index contributed by atoms with van der Waals surface area (Å²) in [5.74, 6) is -0.223. The number of ketones is 1. The molecule has 1 atom stereocenters. The van der Waals surface area contributed by atoms with Crippen LogP contribution in [0.3, 0.4) is 0 Å². The second-order valence-corrected chi connectivity index (χ2v) is 5.41. The Hall–Kier alpha value is -2.93.